The van der Waals surface area contributed by atoms with Crippen LogP contribution in [0.5, 0.6) is 0 Å². The lowest BCUT2D eigenvalue weighted by molar-refractivity contribution is -0.135. The Balaban J connectivity index is 1.68. The number of piperazine rings is 1. The molecule has 1 aliphatic carbocycles. The van der Waals surface area contributed by atoms with E-state index in [1.807, 2.05) is 11.8 Å². The van der Waals surface area contributed by atoms with E-state index in [9.17, 15) is 9.59 Å². The summed E-state index contributed by atoms with van der Waals surface area (Å²) in [5.74, 6) is 0.598. The topological polar surface area (TPSA) is 61.4 Å². The van der Waals surface area contributed by atoms with Crippen molar-refractivity contribution in [2.24, 2.45) is 5.92 Å². The summed E-state index contributed by atoms with van der Waals surface area (Å²) in [5, 5.41) is 6.05. The smallest absolute Gasteiger partial charge is 0.242 e. The first-order valence-electron chi connectivity index (χ1n) is 7.93. The summed E-state index contributed by atoms with van der Waals surface area (Å²) in [6, 6.07) is 0.214. The van der Waals surface area contributed by atoms with Gasteiger partial charge in [-0.1, -0.05) is 19.3 Å². The Bertz CT molecular complexity index is 340. The van der Waals surface area contributed by atoms with Crippen molar-refractivity contribution in [3.05, 3.63) is 0 Å². The first-order chi connectivity index (χ1) is 9.66. The Hall–Kier alpha value is -1.10. The van der Waals surface area contributed by atoms with E-state index < -0.39 is 0 Å². The van der Waals surface area contributed by atoms with Crippen molar-refractivity contribution in [1.29, 1.82) is 0 Å². The summed E-state index contributed by atoms with van der Waals surface area (Å²) >= 11 is 0. The van der Waals surface area contributed by atoms with Crippen LogP contribution in [-0.2, 0) is 9.59 Å². The molecule has 0 aromatic heterocycles. The highest BCUT2D eigenvalue weighted by Crippen LogP contribution is 2.25. The van der Waals surface area contributed by atoms with E-state index in [1.165, 1.54) is 19.3 Å². The normalized spacial score (nSPS) is 24.4. The average molecular weight is 281 g/mol. The molecule has 1 atom stereocenters. The molecule has 114 valence electrons. The number of hydrogen-bond donors (Lipinski definition) is 2. The zero-order valence-electron chi connectivity index (χ0n) is 12.5. The predicted octanol–water partition coefficient (Wildman–Crippen LogP) is 0.893. The molecule has 0 spiro atoms. The molecule has 0 unspecified atom stereocenters. The van der Waals surface area contributed by atoms with Gasteiger partial charge in [0.05, 0.1) is 6.54 Å². The van der Waals surface area contributed by atoms with Crippen LogP contribution >= 0.6 is 0 Å². The molecule has 5 heteroatoms. The molecule has 2 fully saturated rings. The molecule has 5 nitrogen and oxygen atoms in total. The van der Waals surface area contributed by atoms with Crippen LogP contribution in [-0.4, -0.2) is 48.9 Å². The fraction of sp³-hybridized carbons (Fsp3) is 0.867. The molecule has 2 rings (SSSR count). The quantitative estimate of drug-likeness (QED) is 0.804. The number of nitrogens with one attached hydrogen (secondary N) is 2. The van der Waals surface area contributed by atoms with Crippen molar-refractivity contribution in [2.45, 2.75) is 51.5 Å². The lowest BCUT2D eigenvalue weighted by Crippen LogP contribution is -2.54. The van der Waals surface area contributed by atoms with Crippen LogP contribution in [0.15, 0.2) is 0 Å². The predicted molar refractivity (Wildman–Crippen MR) is 78.2 cm³/mol. The number of amides is 2. The fourth-order valence-electron chi connectivity index (χ4n) is 3.21. The van der Waals surface area contributed by atoms with Crippen molar-refractivity contribution in [3.63, 3.8) is 0 Å². The van der Waals surface area contributed by atoms with Gasteiger partial charge in [-0.05, 0) is 25.7 Å². The summed E-state index contributed by atoms with van der Waals surface area (Å²) in [6.45, 7) is 4.59. The number of carbonyl (C=O) groups excluding carboxylic acids is 2. The fourth-order valence-corrected chi connectivity index (χ4v) is 3.21. The summed E-state index contributed by atoms with van der Waals surface area (Å²) in [5.41, 5.74) is 0. The zero-order chi connectivity index (χ0) is 14.4. The van der Waals surface area contributed by atoms with Crippen molar-refractivity contribution in [2.75, 3.05) is 26.2 Å². The van der Waals surface area contributed by atoms with Gasteiger partial charge in [-0.3, -0.25) is 9.59 Å². The summed E-state index contributed by atoms with van der Waals surface area (Å²) in [7, 11) is 0. The van der Waals surface area contributed by atoms with Crippen molar-refractivity contribution in [1.82, 2.24) is 15.5 Å². The molecule has 0 aromatic rings. The molecule has 1 aliphatic heterocycles. The molecular weight excluding hydrogens is 254 g/mol. The number of carbonyl (C=O) groups is 2. The lowest BCUT2D eigenvalue weighted by Gasteiger charge is -2.34. The first-order valence-corrected chi connectivity index (χ1v) is 7.93. The second kappa shape index (κ2) is 7.62. The molecular formula is C15H27N3O2. The maximum atomic E-state index is 12.1. The second-order valence-electron chi connectivity index (χ2n) is 6.13. The van der Waals surface area contributed by atoms with Gasteiger partial charge in [0.2, 0.25) is 11.8 Å². The van der Waals surface area contributed by atoms with Gasteiger partial charge in [-0.25, -0.2) is 0 Å². The largest absolute Gasteiger partial charge is 0.347 e. The van der Waals surface area contributed by atoms with Gasteiger partial charge in [0.1, 0.15) is 0 Å². The first kappa shape index (κ1) is 15.3. The molecule has 0 aromatic carbocycles. The zero-order valence-corrected chi connectivity index (χ0v) is 12.5. The number of nitrogens with zero attached hydrogens (tertiary/aromatic N) is 1. The Kier molecular flexibility index (Phi) is 5.83. The molecule has 0 radical (unpaired) electrons. The summed E-state index contributed by atoms with van der Waals surface area (Å²) in [4.78, 5) is 25.8. The van der Waals surface area contributed by atoms with E-state index >= 15 is 0 Å². The van der Waals surface area contributed by atoms with Crippen LogP contribution in [0.3, 0.4) is 0 Å². The van der Waals surface area contributed by atoms with Crippen LogP contribution in [0.2, 0.25) is 0 Å². The van der Waals surface area contributed by atoms with E-state index in [0.29, 0.717) is 12.3 Å². The third-order valence-electron chi connectivity index (χ3n) is 4.46. The van der Waals surface area contributed by atoms with Crippen LogP contribution < -0.4 is 10.6 Å². The van der Waals surface area contributed by atoms with Gasteiger partial charge in [0, 0.05) is 32.1 Å². The van der Waals surface area contributed by atoms with Crippen molar-refractivity contribution < 1.29 is 9.59 Å². The van der Waals surface area contributed by atoms with Crippen LogP contribution in [0.4, 0.5) is 0 Å². The Morgan fingerprint density at radius 1 is 1.25 bits per heavy atom. The monoisotopic (exact) mass is 281 g/mol. The van der Waals surface area contributed by atoms with Crippen LogP contribution in [0.1, 0.15) is 45.4 Å². The van der Waals surface area contributed by atoms with E-state index in [0.717, 1.165) is 32.5 Å². The van der Waals surface area contributed by atoms with Gasteiger partial charge in [-0.2, -0.15) is 0 Å². The van der Waals surface area contributed by atoms with Gasteiger partial charge in [0.25, 0.3) is 0 Å². The molecule has 2 amide bonds. The van der Waals surface area contributed by atoms with Gasteiger partial charge >= 0.3 is 0 Å². The SMILES string of the molecule is C[C@@H]1CNCCN1C(=O)CNC(=O)CC1CCCCC1. The summed E-state index contributed by atoms with van der Waals surface area (Å²) in [6.07, 6.45) is 6.71. The molecule has 1 saturated carbocycles. The lowest BCUT2D eigenvalue weighted by atomic mass is 9.87. The Morgan fingerprint density at radius 2 is 2.00 bits per heavy atom. The minimum absolute atomic E-state index is 0.0352. The summed E-state index contributed by atoms with van der Waals surface area (Å²) < 4.78 is 0. The highest BCUT2D eigenvalue weighted by Gasteiger charge is 2.23. The second-order valence-corrected chi connectivity index (χ2v) is 6.13. The Morgan fingerprint density at radius 3 is 2.70 bits per heavy atom. The molecule has 1 saturated heterocycles. The van der Waals surface area contributed by atoms with Crippen LogP contribution in [0, 0.1) is 5.92 Å². The van der Waals surface area contributed by atoms with E-state index in [1.54, 1.807) is 0 Å². The van der Waals surface area contributed by atoms with Gasteiger partial charge < -0.3 is 15.5 Å². The Labute approximate surface area is 121 Å². The minimum Gasteiger partial charge on any atom is -0.347 e. The van der Waals surface area contributed by atoms with Crippen molar-refractivity contribution in [3.8, 4) is 0 Å². The van der Waals surface area contributed by atoms with Gasteiger partial charge in [0.15, 0.2) is 0 Å². The highest BCUT2D eigenvalue weighted by molar-refractivity contribution is 5.85. The third-order valence-corrected chi connectivity index (χ3v) is 4.46. The van der Waals surface area contributed by atoms with E-state index in [-0.39, 0.29) is 24.4 Å². The maximum absolute atomic E-state index is 12.1. The molecule has 20 heavy (non-hydrogen) atoms. The standard InChI is InChI=1S/C15H27N3O2/c1-12-10-16-7-8-18(12)15(20)11-17-14(19)9-13-5-3-2-4-6-13/h12-13,16H,2-11H2,1H3,(H,17,19)/t12-/m1/s1. The number of hydrogen-bond acceptors (Lipinski definition) is 3. The highest BCUT2D eigenvalue weighted by atomic mass is 16.2. The molecule has 2 N–H and O–H groups in total. The maximum Gasteiger partial charge on any atom is 0.242 e. The van der Waals surface area contributed by atoms with Crippen LogP contribution in [0.25, 0.3) is 0 Å². The molecule has 2 aliphatic rings. The average Bonchev–Trinajstić information content (AvgIpc) is 2.46. The molecule has 0 bridgehead atoms. The van der Waals surface area contributed by atoms with E-state index in [2.05, 4.69) is 10.6 Å². The molecule has 1 heterocycles. The van der Waals surface area contributed by atoms with Gasteiger partial charge in [-0.15, -0.1) is 0 Å². The third kappa shape index (κ3) is 4.47. The number of rotatable bonds is 4. The van der Waals surface area contributed by atoms with E-state index in [4.69, 9.17) is 0 Å². The minimum atomic E-state index is 0.0352. The van der Waals surface area contributed by atoms with Crippen molar-refractivity contribution >= 4 is 11.8 Å².